The minimum atomic E-state index is -4.42. The Hall–Kier alpha value is -2.12. The van der Waals surface area contributed by atoms with Crippen LogP contribution in [0.5, 0.6) is 0 Å². The van der Waals surface area contributed by atoms with E-state index in [4.69, 9.17) is 0 Å². The van der Waals surface area contributed by atoms with Gasteiger partial charge in [0.2, 0.25) is 5.91 Å². The van der Waals surface area contributed by atoms with Crippen LogP contribution in [0.3, 0.4) is 0 Å². The largest absolute Gasteiger partial charge is 0.417 e. The lowest BCUT2D eigenvalue weighted by molar-refractivity contribution is -0.138. The second kappa shape index (κ2) is 6.65. The van der Waals surface area contributed by atoms with Gasteiger partial charge in [-0.25, -0.2) is 0 Å². The highest BCUT2D eigenvalue weighted by Crippen LogP contribution is 2.31. The molecule has 0 spiro atoms. The Labute approximate surface area is 143 Å². The van der Waals surface area contributed by atoms with E-state index in [2.05, 4.69) is 10.2 Å². The van der Waals surface area contributed by atoms with E-state index < -0.39 is 11.7 Å². The molecule has 0 aromatic carbocycles. The number of carbonyl (C=O) groups is 1. The third kappa shape index (κ3) is 3.48. The average Bonchev–Trinajstić information content (AvgIpc) is 3.03. The van der Waals surface area contributed by atoms with E-state index >= 15 is 0 Å². The molecule has 25 heavy (non-hydrogen) atoms. The fraction of sp³-hybridized carbons (Fsp3) is 0.588. The smallest absolute Gasteiger partial charge is 0.342 e. The fourth-order valence-corrected chi connectivity index (χ4v) is 3.23. The van der Waals surface area contributed by atoms with Crippen LogP contribution < -0.4 is 0 Å². The summed E-state index contributed by atoms with van der Waals surface area (Å²) in [4.78, 5) is 14.2. The maximum atomic E-state index is 13.0. The summed E-state index contributed by atoms with van der Waals surface area (Å²) in [5, 5.41) is 8.09. The normalized spacial score (nSPS) is 20.0. The van der Waals surface area contributed by atoms with Crippen molar-refractivity contribution >= 4 is 11.6 Å². The van der Waals surface area contributed by atoms with E-state index in [9.17, 15) is 18.0 Å². The summed E-state index contributed by atoms with van der Waals surface area (Å²) in [6, 6.07) is 2.33. The lowest BCUT2D eigenvalue weighted by atomic mass is 9.95. The monoisotopic (exact) mass is 354 g/mol. The van der Waals surface area contributed by atoms with E-state index in [1.165, 1.54) is 10.5 Å². The number of amides is 1. The molecular weight excluding hydrogens is 333 g/mol. The van der Waals surface area contributed by atoms with Gasteiger partial charge in [0.1, 0.15) is 5.82 Å². The first kappa shape index (κ1) is 17.7. The van der Waals surface area contributed by atoms with Crippen molar-refractivity contribution in [3.05, 3.63) is 29.7 Å². The Morgan fingerprint density at radius 2 is 2.12 bits per heavy atom. The molecule has 2 aromatic rings. The number of likely N-dealkylation sites (tertiary alicyclic amines) is 1. The van der Waals surface area contributed by atoms with Crippen LogP contribution in [0.25, 0.3) is 5.65 Å². The summed E-state index contributed by atoms with van der Waals surface area (Å²) < 4.78 is 40.4. The van der Waals surface area contributed by atoms with Crippen LogP contribution in [0.2, 0.25) is 0 Å². The van der Waals surface area contributed by atoms with Crippen LogP contribution >= 0.6 is 0 Å². The SMILES string of the molecule is CC[C@@H](C)C(=O)N1CCC[C@H](c2nnc3ccc(C(F)(F)F)cn23)C1. The van der Waals surface area contributed by atoms with E-state index in [-0.39, 0.29) is 17.7 Å². The predicted octanol–water partition coefficient (Wildman–Crippen LogP) is 3.50. The highest BCUT2D eigenvalue weighted by atomic mass is 19.4. The number of alkyl halides is 3. The third-order valence-electron chi connectivity index (χ3n) is 4.89. The summed E-state index contributed by atoms with van der Waals surface area (Å²) in [6.07, 6.45) is -1.02. The van der Waals surface area contributed by atoms with Gasteiger partial charge in [0, 0.05) is 31.1 Å². The summed E-state index contributed by atoms with van der Waals surface area (Å²) >= 11 is 0. The molecule has 2 atom stereocenters. The number of pyridine rings is 1. The van der Waals surface area contributed by atoms with E-state index in [0.717, 1.165) is 31.5 Å². The molecule has 5 nitrogen and oxygen atoms in total. The topological polar surface area (TPSA) is 50.5 Å². The van der Waals surface area contributed by atoms with Gasteiger partial charge >= 0.3 is 6.18 Å². The fourth-order valence-electron chi connectivity index (χ4n) is 3.23. The number of hydrogen-bond donors (Lipinski definition) is 0. The van der Waals surface area contributed by atoms with Crippen molar-refractivity contribution in [2.45, 2.75) is 45.2 Å². The van der Waals surface area contributed by atoms with Gasteiger partial charge in [-0.1, -0.05) is 13.8 Å². The maximum absolute atomic E-state index is 13.0. The molecule has 1 aliphatic heterocycles. The van der Waals surface area contributed by atoms with Gasteiger partial charge in [0.25, 0.3) is 0 Å². The molecule has 2 aromatic heterocycles. The van der Waals surface area contributed by atoms with Crippen LogP contribution in [-0.4, -0.2) is 38.5 Å². The van der Waals surface area contributed by atoms with E-state index in [0.29, 0.717) is 24.6 Å². The molecule has 0 bridgehead atoms. The van der Waals surface area contributed by atoms with Crippen molar-refractivity contribution in [1.29, 1.82) is 0 Å². The predicted molar refractivity (Wildman–Crippen MR) is 86.0 cm³/mol. The standard InChI is InChI=1S/C17H21F3N4O/c1-3-11(2)16(25)23-8-4-5-12(9-23)15-22-21-14-7-6-13(10-24(14)15)17(18,19)20/h6-7,10-12H,3-5,8-9H2,1-2H3/t11-,12+/m1/s1. The molecule has 0 N–H and O–H groups in total. The molecule has 0 saturated carbocycles. The Kier molecular flexibility index (Phi) is 4.71. The number of aromatic nitrogens is 3. The first-order chi connectivity index (χ1) is 11.8. The minimum Gasteiger partial charge on any atom is -0.342 e. The highest BCUT2D eigenvalue weighted by molar-refractivity contribution is 5.78. The number of hydrogen-bond acceptors (Lipinski definition) is 3. The van der Waals surface area contributed by atoms with Crippen LogP contribution in [-0.2, 0) is 11.0 Å². The van der Waals surface area contributed by atoms with Crippen molar-refractivity contribution in [2.75, 3.05) is 13.1 Å². The van der Waals surface area contributed by atoms with Gasteiger partial charge in [-0.3, -0.25) is 9.20 Å². The molecule has 8 heteroatoms. The van der Waals surface area contributed by atoms with Crippen molar-refractivity contribution in [1.82, 2.24) is 19.5 Å². The first-order valence-corrected chi connectivity index (χ1v) is 8.52. The molecular formula is C17H21F3N4O. The molecule has 1 amide bonds. The van der Waals surface area contributed by atoms with Crippen molar-refractivity contribution in [3.63, 3.8) is 0 Å². The third-order valence-corrected chi connectivity index (χ3v) is 4.89. The van der Waals surface area contributed by atoms with Crippen LogP contribution in [0.15, 0.2) is 18.3 Å². The molecule has 0 radical (unpaired) electrons. The molecule has 0 aliphatic carbocycles. The second-order valence-corrected chi connectivity index (χ2v) is 6.63. The lowest BCUT2D eigenvalue weighted by Crippen LogP contribution is -2.42. The Morgan fingerprint density at radius 1 is 1.36 bits per heavy atom. The number of halogens is 3. The van der Waals surface area contributed by atoms with Gasteiger partial charge in [0.15, 0.2) is 5.65 Å². The van der Waals surface area contributed by atoms with E-state index in [1.54, 1.807) is 4.90 Å². The van der Waals surface area contributed by atoms with Crippen LogP contribution in [0.1, 0.15) is 50.4 Å². The number of piperidine rings is 1. The van der Waals surface area contributed by atoms with Gasteiger partial charge in [-0.05, 0) is 31.4 Å². The van der Waals surface area contributed by atoms with Gasteiger partial charge in [-0.2, -0.15) is 13.2 Å². The zero-order chi connectivity index (χ0) is 18.2. The number of carbonyl (C=O) groups excluding carboxylic acids is 1. The van der Waals surface area contributed by atoms with Crippen molar-refractivity contribution in [3.8, 4) is 0 Å². The van der Waals surface area contributed by atoms with Crippen molar-refractivity contribution in [2.24, 2.45) is 5.92 Å². The molecule has 3 rings (SSSR count). The Balaban J connectivity index is 1.89. The number of rotatable bonds is 3. The van der Waals surface area contributed by atoms with E-state index in [1.807, 2.05) is 13.8 Å². The zero-order valence-corrected chi connectivity index (χ0v) is 14.3. The summed E-state index contributed by atoms with van der Waals surface area (Å²) in [7, 11) is 0. The summed E-state index contributed by atoms with van der Waals surface area (Å²) in [5.74, 6) is 0.422. The lowest BCUT2D eigenvalue weighted by Gasteiger charge is -2.33. The molecule has 1 fully saturated rings. The summed E-state index contributed by atoms with van der Waals surface area (Å²) in [5.41, 5.74) is -0.349. The number of nitrogens with zero attached hydrogens (tertiary/aromatic N) is 4. The summed E-state index contributed by atoms with van der Waals surface area (Å²) in [6.45, 7) is 5.02. The molecule has 3 heterocycles. The minimum absolute atomic E-state index is 0.0503. The average molecular weight is 354 g/mol. The zero-order valence-electron chi connectivity index (χ0n) is 14.3. The quantitative estimate of drug-likeness (QED) is 0.848. The Morgan fingerprint density at radius 3 is 2.80 bits per heavy atom. The van der Waals surface area contributed by atoms with Crippen LogP contribution in [0.4, 0.5) is 13.2 Å². The first-order valence-electron chi connectivity index (χ1n) is 8.52. The Bertz CT molecular complexity index is 771. The molecule has 1 aliphatic rings. The van der Waals surface area contributed by atoms with Crippen molar-refractivity contribution < 1.29 is 18.0 Å². The van der Waals surface area contributed by atoms with Crippen LogP contribution in [0, 0.1) is 5.92 Å². The molecule has 0 unspecified atom stereocenters. The molecule has 136 valence electrons. The number of fused-ring (bicyclic) bond motifs is 1. The van der Waals surface area contributed by atoms with Gasteiger partial charge in [0.05, 0.1) is 5.56 Å². The second-order valence-electron chi connectivity index (χ2n) is 6.63. The van der Waals surface area contributed by atoms with Gasteiger partial charge in [-0.15, -0.1) is 10.2 Å². The molecule has 1 saturated heterocycles. The highest BCUT2D eigenvalue weighted by Gasteiger charge is 2.33. The van der Waals surface area contributed by atoms with Gasteiger partial charge < -0.3 is 4.90 Å². The maximum Gasteiger partial charge on any atom is 0.417 e.